The number of aromatic hydroxyl groups is 1. The fourth-order valence-corrected chi connectivity index (χ4v) is 2.44. The summed E-state index contributed by atoms with van der Waals surface area (Å²) in [6.45, 7) is 0. The number of phenols is 1. The minimum absolute atomic E-state index is 0.120. The molecule has 0 aliphatic heterocycles. The van der Waals surface area contributed by atoms with Gasteiger partial charge < -0.3 is 10.1 Å². The molecule has 0 radical (unpaired) electrons. The zero-order valence-electron chi connectivity index (χ0n) is 11.1. The normalized spacial score (nSPS) is 11.6. The molecule has 0 saturated carbocycles. The van der Waals surface area contributed by atoms with Crippen molar-refractivity contribution in [2.75, 3.05) is 0 Å². The van der Waals surface area contributed by atoms with Crippen LogP contribution in [0.25, 0.3) is 22.7 Å². The maximum Gasteiger partial charge on any atom is 0.149 e. The number of nitrogens with zero attached hydrogens (tertiary/aromatic N) is 2. The van der Waals surface area contributed by atoms with Gasteiger partial charge in [0.25, 0.3) is 0 Å². The van der Waals surface area contributed by atoms with E-state index in [4.69, 9.17) is 0 Å². The molecule has 0 fully saturated rings. The lowest BCUT2D eigenvalue weighted by atomic mass is 10.1. The highest BCUT2D eigenvalue weighted by atomic mass is 79.9. The zero-order chi connectivity index (χ0) is 15.7. The first-order valence-corrected chi connectivity index (χ1v) is 7.12. The first kappa shape index (κ1) is 14.3. The summed E-state index contributed by atoms with van der Waals surface area (Å²) in [5.74, 6) is 0.120. The number of hydrogen-bond acceptors (Lipinski definition) is 3. The number of halogens is 2. The van der Waals surface area contributed by atoms with E-state index < -0.39 is 0 Å². The quantitative estimate of drug-likeness (QED) is 0.674. The van der Waals surface area contributed by atoms with Gasteiger partial charge in [-0.15, -0.1) is 0 Å². The van der Waals surface area contributed by atoms with Gasteiger partial charge in [0.15, 0.2) is 0 Å². The summed E-state index contributed by atoms with van der Waals surface area (Å²) in [5.41, 5.74) is 2.16. The SMILES string of the molecule is N#C/C(=C/c1ccc(O)c(Br)c1)c1nc2ccc(F)cc2[nH]1. The molecule has 1 aromatic heterocycles. The van der Waals surface area contributed by atoms with Crippen molar-refractivity contribution in [3.05, 3.63) is 58.1 Å². The van der Waals surface area contributed by atoms with E-state index in [1.807, 2.05) is 0 Å². The van der Waals surface area contributed by atoms with Crippen LogP contribution in [0, 0.1) is 17.1 Å². The van der Waals surface area contributed by atoms with Crippen molar-refractivity contribution in [3.63, 3.8) is 0 Å². The molecule has 4 nitrogen and oxygen atoms in total. The predicted molar refractivity (Wildman–Crippen MR) is 85.3 cm³/mol. The molecule has 0 bridgehead atoms. The molecule has 2 N–H and O–H groups in total. The van der Waals surface area contributed by atoms with Crippen LogP contribution in [0.15, 0.2) is 40.9 Å². The van der Waals surface area contributed by atoms with E-state index in [9.17, 15) is 14.8 Å². The number of H-pyrrole nitrogens is 1. The Bertz CT molecular complexity index is 940. The molecule has 1 heterocycles. The Morgan fingerprint density at radius 1 is 1.32 bits per heavy atom. The summed E-state index contributed by atoms with van der Waals surface area (Å²) >= 11 is 3.22. The number of allylic oxidation sites excluding steroid dienone is 1. The first-order valence-electron chi connectivity index (χ1n) is 6.33. The molecule has 108 valence electrons. The van der Waals surface area contributed by atoms with E-state index in [0.29, 0.717) is 26.9 Å². The van der Waals surface area contributed by atoms with Gasteiger partial charge >= 0.3 is 0 Å². The molecule has 22 heavy (non-hydrogen) atoms. The van der Waals surface area contributed by atoms with Crippen molar-refractivity contribution in [2.45, 2.75) is 0 Å². The van der Waals surface area contributed by atoms with E-state index in [1.54, 1.807) is 24.3 Å². The van der Waals surface area contributed by atoms with Crippen molar-refractivity contribution >= 4 is 38.6 Å². The number of nitrogens with one attached hydrogen (secondary N) is 1. The number of benzene rings is 2. The molecule has 2 aromatic carbocycles. The van der Waals surface area contributed by atoms with Crippen LogP contribution in [0.2, 0.25) is 0 Å². The second-order valence-corrected chi connectivity index (χ2v) is 5.48. The lowest BCUT2D eigenvalue weighted by Gasteiger charge is -1.99. The number of rotatable bonds is 2. The molecule has 3 rings (SSSR count). The fraction of sp³-hybridized carbons (Fsp3) is 0. The maximum atomic E-state index is 13.2. The van der Waals surface area contributed by atoms with Gasteiger partial charge in [0.2, 0.25) is 0 Å². The summed E-state index contributed by atoms with van der Waals surface area (Å²) < 4.78 is 13.7. The number of hydrogen-bond donors (Lipinski definition) is 2. The lowest BCUT2D eigenvalue weighted by molar-refractivity contribution is 0.472. The summed E-state index contributed by atoms with van der Waals surface area (Å²) in [4.78, 5) is 7.22. The van der Waals surface area contributed by atoms with Gasteiger partial charge in [-0.2, -0.15) is 5.26 Å². The monoisotopic (exact) mass is 357 g/mol. The van der Waals surface area contributed by atoms with Gasteiger partial charge in [-0.1, -0.05) is 6.07 Å². The van der Waals surface area contributed by atoms with E-state index in [2.05, 4.69) is 32.0 Å². The summed E-state index contributed by atoms with van der Waals surface area (Å²) in [6, 6.07) is 11.2. The van der Waals surface area contributed by atoms with Crippen molar-refractivity contribution in [1.29, 1.82) is 5.26 Å². The minimum atomic E-state index is -0.368. The average Bonchev–Trinajstić information content (AvgIpc) is 2.91. The second kappa shape index (κ2) is 5.62. The molecule has 0 saturated heterocycles. The largest absolute Gasteiger partial charge is 0.507 e. The smallest absolute Gasteiger partial charge is 0.149 e. The van der Waals surface area contributed by atoms with Crippen LogP contribution >= 0.6 is 15.9 Å². The molecule has 0 aliphatic carbocycles. The van der Waals surface area contributed by atoms with Crippen LogP contribution in [0.3, 0.4) is 0 Å². The molecule has 0 atom stereocenters. The van der Waals surface area contributed by atoms with Gasteiger partial charge in [0.05, 0.1) is 21.1 Å². The minimum Gasteiger partial charge on any atom is -0.507 e. The zero-order valence-corrected chi connectivity index (χ0v) is 12.7. The van der Waals surface area contributed by atoms with Gasteiger partial charge in [-0.25, -0.2) is 9.37 Å². The van der Waals surface area contributed by atoms with E-state index in [1.165, 1.54) is 18.2 Å². The molecule has 0 amide bonds. The van der Waals surface area contributed by atoms with Crippen molar-refractivity contribution in [3.8, 4) is 11.8 Å². The van der Waals surface area contributed by atoms with Crippen LogP contribution in [0.1, 0.15) is 11.4 Å². The van der Waals surface area contributed by atoms with Gasteiger partial charge in [0, 0.05) is 0 Å². The topological polar surface area (TPSA) is 72.7 Å². The Hall–Kier alpha value is -2.65. The van der Waals surface area contributed by atoms with Crippen LogP contribution in [-0.4, -0.2) is 15.1 Å². The van der Waals surface area contributed by atoms with Gasteiger partial charge in [-0.05, 0) is 57.9 Å². The van der Waals surface area contributed by atoms with Crippen molar-refractivity contribution in [2.24, 2.45) is 0 Å². The van der Waals surface area contributed by atoms with Crippen molar-refractivity contribution < 1.29 is 9.50 Å². The average molecular weight is 358 g/mol. The summed E-state index contributed by atoms with van der Waals surface area (Å²) in [7, 11) is 0. The van der Waals surface area contributed by atoms with Gasteiger partial charge in [0.1, 0.15) is 23.5 Å². The number of nitriles is 1. The highest BCUT2D eigenvalue weighted by molar-refractivity contribution is 9.10. The van der Waals surface area contributed by atoms with E-state index in [0.717, 1.165) is 5.56 Å². The van der Waals surface area contributed by atoms with Crippen LogP contribution in [0.4, 0.5) is 4.39 Å². The Morgan fingerprint density at radius 2 is 2.14 bits per heavy atom. The maximum absolute atomic E-state index is 13.2. The van der Waals surface area contributed by atoms with Gasteiger partial charge in [-0.3, -0.25) is 0 Å². The van der Waals surface area contributed by atoms with Crippen molar-refractivity contribution in [1.82, 2.24) is 9.97 Å². The molecule has 0 aliphatic rings. The number of aromatic nitrogens is 2. The Labute approximate surface area is 133 Å². The standard InChI is InChI=1S/C16H9BrFN3O/c17-12-6-9(1-4-15(12)22)5-10(8-19)16-20-13-3-2-11(18)7-14(13)21-16/h1-7,22H,(H,20,21)/b10-5-. The van der Waals surface area contributed by atoms with Crippen LogP contribution in [-0.2, 0) is 0 Å². The molecule has 6 heteroatoms. The van der Waals surface area contributed by atoms with Crippen LogP contribution < -0.4 is 0 Å². The van der Waals surface area contributed by atoms with E-state index in [-0.39, 0.29) is 11.6 Å². The third kappa shape index (κ3) is 2.71. The first-order chi connectivity index (χ1) is 10.6. The Balaban J connectivity index is 2.07. The number of aromatic amines is 1. The number of imidazole rings is 1. The highest BCUT2D eigenvalue weighted by Crippen LogP contribution is 2.26. The Morgan fingerprint density at radius 3 is 2.86 bits per heavy atom. The summed E-state index contributed by atoms with van der Waals surface area (Å²) in [5, 5.41) is 18.8. The molecule has 3 aromatic rings. The number of phenolic OH excluding ortho intramolecular Hbond substituents is 1. The molecule has 0 unspecified atom stereocenters. The van der Waals surface area contributed by atoms with E-state index >= 15 is 0 Å². The fourth-order valence-electron chi connectivity index (χ4n) is 2.04. The Kier molecular flexibility index (Phi) is 3.65. The predicted octanol–water partition coefficient (Wildman–Crippen LogP) is 4.23. The molecule has 0 spiro atoms. The molecular formula is C16H9BrFN3O. The van der Waals surface area contributed by atoms with Crippen LogP contribution in [0.5, 0.6) is 5.75 Å². The second-order valence-electron chi connectivity index (χ2n) is 4.63. The highest BCUT2D eigenvalue weighted by Gasteiger charge is 2.09. The lowest BCUT2D eigenvalue weighted by Crippen LogP contribution is -1.85. The third-order valence-corrected chi connectivity index (χ3v) is 3.74. The third-order valence-electron chi connectivity index (χ3n) is 3.10. The molecular weight excluding hydrogens is 349 g/mol. The number of fused-ring (bicyclic) bond motifs is 1. The summed E-state index contributed by atoms with van der Waals surface area (Å²) in [6.07, 6.45) is 1.64.